The molecule has 0 aromatic rings. The Labute approximate surface area is 176 Å². The number of fused-ring (bicyclic) bond motifs is 3. The summed E-state index contributed by atoms with van der Waals surface area (Å²) in [6, 6.07) is 0. The Bertz CT molecular complexity index is 764. The van der Waals surface area contributed by atoms with Gasteiger partial charge in [-0.2, -0.15) is 0 Å². The molecule has 0 aromatic heterocycles. The third-order valence-electron chi connectivity index (χ3n) is 8.11. The average molecular weight is 427 g/mol. The third-order valence-corrected chi connectivity index (χ3v) is 8.11. The topological polar surface area (TPSA) is 134 Å². The molecule has 3 aliphatic rings. The van der Waals surface area contributed by atoms with Crippen LogP contribution < -0.4 is 0 Å². The minimum Gasteiger partial charge on any atom is -0.455 e. The van der Waals surface area contributed by atoms with Crippen molar-refractivity contribution in [2.24, 2.45) is 16.7 Å². The van der Waals surface area contributed by atoms with Crippen LogP contribution >= 0.6 is 0 Å². The van der Waals surface area contributed by atoms with E-state index in [1.807, 2.05) is 13.8 Å². The van der Waals surface area contributed by atoms with Crippen LogP contribution in [-0.4, -0.2) is 73.9 Å². The normalized spacial score (nSPS) is 50.2. The number of carbonyl (C=O) groups excluding carboxylic acids is 2. The fourth-order valence-electron chi connectivity index (χ4n) is 6.66. The molecule has 8 nitrogen and oxygen atoms in total. The van der Waals surface area contributed by atoms with Gasteiger partial charge in [0.15, 0.2) is 17.5 Å². The van der Waals surface area contributed by atoms with E-state index in [9.17, 15) is 30.0 Å². The molecule has 0 amide bonds. The lowest BCUT2D eigenvalue weighted by Gasteiger charge is -2.71. The number of hydrogen-bond acceptors (Lipinski definition) is 8. The number of aliphatic hydroxyl groups is 4. The largest absolute Gasteiger partial charge is 0.455 e. The fourth-order valence-corrected chi connectivity index (χ4v) is 6.66. The highest BCUT2D eigenvalue weighted by Gasteiger charge is 2.81. The van der Waals surface area contributed by atoms with Gasteiger partial charge in [-0.1, -0.05) is 26.8 Å². The summed E-state index contributed by atoms with van der Waals surface area (Å²) < 4.78 is 11.6. The molecule has 2 saturated carbocycles. The van der Waals surface area contributed by atoms with Gasteiger partial charge in [-0.05, 0) is 32.1 Å². The van der Waals surface area contributed by atoms with Gasteiger partial charge in [0.05, 0.1) is 17.8 Å². The molecule has 0 bridgehead atoms. The van der Waals surface area contributed by atoms with E-state index in [4.69, 9.17) is 9.47 Å². The number of esters is 1. The summed E-state index contributed by atoms with van der Waals surface area (Å²) in [5.41, 5.74) is -7.39. The predicted molar refractivity (Wildman–Crippen MR) is 106 cm³/mol. The van der Waals surface area contributed by atoms with E-state index in [2.05, 4.69) is 6.58 Å². The molecular formula is C22H34O8. The van der Waals surface area contributed by atoms with Crippen LogP contribution in [0.4, 0.5) is 0 Å². The Hall–Kier alpha value is -1.32. The average Bonchev–Trinajstić information content (AvgIpc) is 2.65. The standard InChI is InChI=1S/C22H34O8/c1-7-19(4)10-13(25)22(28)20(5)12(24)8-9-18(2,3)16(20)15(27)17(21(22,6)30-19)29-14(26)11-23/h7,12,15-17,23-24,27-28H,1,8-11H2,2-6H3/t12-,15-,16-,17-,19-,20-,21+,22-/m0/s1. The zero-order valence-electron chi connectivity index (χ0n) is 18.3. The van der Waals surface area contributed by atoms with Crippen LogP contribution in [0.3, 0.4) is 0 Å². The number of ether oxygens (including phenoxy) is 2. The van der Waals surface area contributed by atoms with Crippen molar-refractivity contribution in [2.75, 3.05) is 6.61 Å². The monoisotopic (exact) mass is 426 g/mol. The number of aliphatic hydroxyl groups excluding tert-OH is 3. The number of Topliss-reactive ketones (excluding diaryl/α,β-unsaturated/α-hetero) is 1. The van der Waals surface area contributed by atoms with Crippen molar-refractivity contribution in [1.29, 1.82) is 0 Å². The van der Waals surface area contributed by atoms with Crippen molar-refractivity contribution < 1.29 is 39.5 Å². The van der Waals surface area contributed by atoms with Gasteiger partial charge in [-0.3, -0.25) is 4.79 Å². The van der Waals surface area contributed by atoms with Gasteiger partial charge in [-0.15, -0.1) is 6.58 Å². The molecule has 1 aliphatic heterocycles. The summed E-state index contributed by atoms with van der Waals surface area (Å²) in [7, 11) is 0. The second kappa shape index (κ2) is 6.84. The van der Waals surface area contributed by atoms with Crippen LogP contribution in [0.1, 0.15) is 53.9 Å². The van der Waals surface area contributed by atoms with E-state index in [1.165, 1.54) is 13.0 Å². The van der Waals surface area contributed by atoms with Crippen LogP contribution in [-0.2, 0) is 19.1 Å². The molecule has 0 spiro atoms. The van der Waals surface area contributed by atoms with Gasteiger partial charge in [-0.25, -0.2) is 4.79 Å². The maximum absolute atomic E-state index is 13.6. The molecule has 170 valence electrons. The molecule has 8 heteroatoms. The van der Waals surface area contributed by atoms with Gasteiger partial charge < -0.3 is 29.9 Å². The highest BCUT2D eigenvalue weighted by atomic mass is 16.6. The summed E-state index contributed by atoms with van der Waals surface area (Å²) in [5, 5.41) is 44.0. The molecule has 0 aromatic carbocycles. The van der Waals surface area contributed by atoms with Crippen molar-refractivity contribution >= 4 is 11.8 Å². The lowest BCUT2D eigenvalue weighted by molar-refractivity contribution is -0.370. The van der Waals surface area contributed by atoms with Crippen LogP contribution in [0.15, 0.2) is 12.7 Å². The molecule has 3 fully saturated rings. The number of hydrogen-bond donors (Lipinski definition) is 4. The maximum atomic E-state index is 13.6. The van der Waals surface area contributed by atoms with Gasteiger partial charge in [0.1, 0.15) is 12.2 Å². The molecule has 4 N–H and O–H groups in total. The smallest absolute Gasteiger partial charge is 0.332 e. The van der Waals surface area contributed by atoms with Crippen molar-refractivity contribution in [3.8, 4) is 0 Å². The van der Waals surface area contributed by atoms with Crippen molar-refractivity contribution in [3.05, 3.63) is 12.7 Å². The minimum atomic E-state index is -2.26. The molecular weight excluding hydrogens is 392 g/mol. The SMILES string of the molecule is C=C[C@@]1(C)CC(=O)[C@]2(O)[C@@]3(C)[C@@H](O)CCC(C)(C)[C@@H]3[C@H](O)[C@H](OC(=O)CO)[C@@]2(C)O1. The predicted octanol–water partition coefficient (Wildman–Crippen LogP) is 0.492. The zero-order valence-corrected chi connectivity index (χ0v) is 18.3. The molecule has 8 atom stereocenters. The molecule has 2 aliphatic carbocycles. The zero-order chi connectivity index (χ0) is 22.9. The van der Waals surface area contributed by atoms with Gasteiger partial charge >= 0.3 is 5.97 Å². The molecule has 0 radical (unpaired) electrons. The van der Waals surface area contributed by atoms with Gasteiger partial charge in [0, 0.05) is 17.8 Å². The number of carbonyl (C=O) groups is 2. The van der Waals surface area contributed by atoms with Crippen LogP contribution in [0.25, 0.3) is 0 Å². The quantitative estimate of drug-likeness (QED) is 0.379. The molecule has 3 rings (SSSR count). The molecule has 1 heterocycles. The summed E-state index contributed by atoms with van der Waals surface area (Å²) in [6.07, 6.45) is -1.78. The van der Waals surface area contributed by atoms with Crippen LogP contribution in [0.5, 0.6) is 0 Å². The Morgan fingerprint density at radius 1 is 1.27 bits per heavy atom. The van der Waals surface area contributed by atoms with Gasteiger partial charge in [0.2, 0.25) is 0 Å². The summed E-state index contributed by atoms with van der Waals surface area (Å²) in [5.74, 6) is -2.37. The lowest BCUT2D eigenvalue weighted by atomic mass is 9.40. The number of ketones is 1. The highest BCUT2D eigenvalue weighted by Crippen LogP contribution is 2.66. The Morgan fingerprint density at radius 3 is 2.40 bits per heavy atom. The first-order chi connectivity index (χ1) is 13.6. The highest BCUT2D eigenvalue weighted by molar-refractivity contribution is 5.92. The maximum Gasteiger partial charge on any atom is 0.332 e. The van der Waals surface area contributed by atoms with E-state index >= 15 is 0 Å². The summed E-state index contributed by atoms with van der Waals surface area (Å²) in [4.78, 5) is 25.6. The number of rotatable bonds is 3. The first kappa shape index (κ1) is 23.3. The van der Waals surface area contributed by atoms with Crippen molar-refractivity contribution in [2.45, 2.75) is 89.0 Å². The van der Waals surface area contributed by atoms with E-state index < -0.39 is 70.2 Å². The molecule has 0 unspecified atom stereocenters. The van der Waals surface area contributed by atoms with E-state index in [0.29, 0.717) is 12.8 Å². The summed E-state index contributed by atoms with van der Waals surface area (Å²) >= 11 is 0. The fraction of sp³-hybridized carbons (Fsp3) is 0.818. The second-order valence-corrected chi connectivity index (χ2v) is 10.4. The van der Waals surface area contributed by atoms with E-state index in [-0.39, 0.29) is 6.42 Å². The summed E-state index contributed by atoms with van der Waals surface area (Å²) in [6.45, 7) is 11.2. The van der Waals surface area contributed by atoms with Crippen molar-refractivity contribution in [1.82, 2.24) is 0 Å². The Morgan fingerprint density at radius 2 is 1.87 bits per heavy atom. The van der Waals surface area contributed by atoms with Crippen LogP contribution in [0.2, 0.25) is 0 Å². The van der Waals surface area contributed by atoms with Gasteiger partial charge in [0.25, 0.3) is 0 Å². The second-order valence-electron chi connectivity index (χ2n) is 10.4. The first-order valence-electron chi connectivity index (χ1n) is 10.4. The lowest BCUT2D eigenvalue weighted by Crippen LogP contribution is -2.86. The Kier molecular flexibility index (Phi) is 5.32. The van der Waals surface area contributed by atoms with Crippen molar-refractivity contribution in [3.63, 3.8) is 0 Å². The van der Waals surface area contributed by atoms with E-state index in [1.54, 1.807) is 13.8 Å². The third kappa shape index (κ3) is 2.70. The minimum absolute atomic E-state index is 0.186. The molecule has 30 heavy (non-hydrogen) atoms. The van der Waals surface area contributed by atoms with E-state index in [0.717, 1.165) is 0 Å². The Balaban J connectivity index is 2.31. The van der Waals surface area contributed by atoms with Crippen LogP contribution in [0, 0.1) is 16.7 Å². The first-order valence-corrected chi connectivity index (χ1v) is 10.4. The molecule has 1 saturated heterocycles.